The second-order valence-corrected chi connectivity index (χ2v) is 3.59. The predicted octanol–water partition coefficient (Wildman–Crippen LogP) is -0.140. The molecular formula is C10H16N4O4. The largest absolute Gasteiger partial charge is 0.480 e. The summed E-state index contributed by atoms with van der Waals surface area (Å²) < 4.78 is 1.62. The highest BCUT2D eigenvalue weighted by Gasteiger charge is 2.19. The van der Waals surface area contributed by atoms with E-state index < -0.39 is 18.0 Å². The minimum Gasteiger partial charge on any atom is -0.480 e. The molecule has 0 saturated carbocycles. The number of aryl methyl sites for hydroxylation is 1. The molecule has 1 aromatic rings. The third kappa shape index (κ3) is 4.06. The lowest BCUT2D eigenvalue weighted by Gasteiger charge is -2.13. The van der Waals surface area contributed by atoms with E-state index in [9.17, 15) is 9.59 Å². The van der Waals surface area contributed by atoms with Crippen molar-refractivity contribution in [3.63, 3.8) is 0 Å². The van der Waals surface area contributed by atoms with Crippen molar-refractivity contribution in [1.29, 1.82) is 0 Å². The first-order valence-electron chi connectivity index (χ1n) is 5.50. The number of aromatic nitrogens is 2. The smallest absolute Gasteiger partial charge is 0.326 e. The van der Waals surface area contributed by atoms with Crippen molar-refractivity contribution < 1.29 is 19.8 Å². The van der Waals surface area contributed by atoms with E-state index in [4.69, 9.17) is 10.2 Å². The first kappa shape index (κ1) is 14.0. The van der Waals surface area contributed by atoms with Crippen LogP contribution in [0.25, 0.3) is 0 Å². The van der Waals surface area contributed by atoms with Crippen molar-refractivity contribution in [1.82, 2.24) is 15.1 Å². The van der Waals surface area contributed by atoms with Crippen molar-refractivity contribution in [2.45, 2.75) is 25.9 Å². The second-order valence-electron chi connectivity index (χ2n) is 3.59. The normalized spacial score (nSPS) is 11.9. The Morgan fingerprint density at radius 1 is 1.56 bits per heavy atom. The minimum absolute atomic E-state index is 0.0447. The maximum absolute atomic E-state index is 11.5. The van der Waals surface area contributed by atoms with Crippen LogP contribution >= 0.6 is 0 Å². The molecule has 0 bridgehead atoms. The lowest BCUT2D eigenvalue weighted by Crippen LogP contribution is -2.43. The fourth-order valence-corrected chi connectivity index (χ4v) is 1.31. The molecule has 0 fully saturated rings. The highest BCUT2D eigenvalue weighted by Crippen LogP contribution is 2.04. The van der Waals surface area contributed by atoms with Crippen LogP contribution in [-0.2, 0) is 11.3 Å². The van der Waals surface area contributed by atoms with Gasteiger partial charge in [-0.2, -0.15) is 5.10 Å². The van der Waals surface area contributed by atoms with E-state index in [1.807, 2.05) is 6.92 Å². The van der Waals surface area contributed by atoms with E-state index in [0.717, 1.165) is 0 Å². The molecule has 1 heterocycles. The Morgan fingerprint density at radius 3 is 2.78 bits per heavy atom. The minimum atomic E-state index is -1.19. The molecular weight excluding hydrogens is 240 g/mol. The number of rotatable bonds is 6. The Balaban J connectivity index is 2.51. The summed E-state index contributed by atoms with van der Waals surface area (Å²) in [4.78, 5) is 22.3. The molecule has 0 unspecified atom stereocenters. The maximum atomic E-state index is 11.5. The van der Waals surface area contributed by atoms with Gasteiger partial charge in [0, 0.05) is 25.8 Å². The molecule has 0 spiro atoms. The Hall–Kier alpha value is -2.09. The highest BCUT2D eigenvalue weighted by atomic mass is 16.4. The number of aliphatic carboxylic acids is 1. The second kappa shape index (κ2) is 6.60. The number of amides is 2. The van der Waals surface area contributed by atoms with Gasteiger partial charge in [-0.25, -0.2) is 9.59 Å². The zero-order chi connectivity index (χ0) is 13.5. The van der Waals surface area contributed by atoms with Crippen molar-refractivity contribution >= 4 is 17.7 Å². The van der Waals surface area contributed by atoms with E-state index in [0.29, 0.717) is 12.2 Å². The van der Waals surface area contributed by atoms with Gasteiger partial charge in [-0.1, -0.05) is 0 Å². The van der Waals surface area contributed by atoms with Gasteiger partial charge >= 0.3 is 12.0 Å². The summed E-state index contributed by atoms with van der Waals surface area (Å²) in [6, 6.07) is -1.76. The van der Waals surface area contributed by atoms with E-state index in [1.54, 1.807) is 10.9 Å². The summed E-state index contributed by atoms with van der Waals surface area (Å²) in [5.41, 5.74) is 0.475. The number of aliphatic hydroxyl groups is 1. The summed E-state index contributed by atoms with van der Waals surface area (Å²) in [6.45, 7) is 2.26. The molecule has 18 heavy (non-hydrogen) atoms. The Morgan fingerprint density at radius 2 is 2.28 bits per heavy atom. The fraction of sp³-hybridized carbons (Fsp3) is 0.500. The van der Waals surface area contributed by atoms with Crippen LogP contribution < -0.4 is 10.6 Å². The number of hydrogen-bond donors (Lipinski definition) is 4. The molecule has 8 nitrogen and oxygen atoms in total. The monoisotopic (exact) mass is 256 g/mol. The van der Waals surface area contributed by atoms with Crippen molar-refractivity contribution in [2.24, 2.45) is 0 Å². The number of carbonyl (C=O) groups excluding carboxylic acids is 1. The Kier molecular flexibility index (Phi) is 5.12. The van der Waals surface area contributed by atoms with Gasteiger partial charge in [-0.15, -0.1) is 0 Å². The van der Waals surface area contributed by atoms with Gasteiger partial charge in [0.05, 0.1) is 11.9 Å². The summed E-state index contributed by atoms with van der Waals surface area (Å²) in [7, 11) is 0. The van der Waals surface area contributed by atoms with Crippen molar-refractivity contribution in [2.75, 3.05) is 11.9 Å². The van der Waals surface area contributed by atoms with Crippen LogP contribution in [0.4, 0.5) is 10.5 Å². The average Bonchev–Trinajstić information content (AvgIpc) is 2.76. The van der Waals surface area contributed by atoms with Crippen LogP contribution in [-0.4, -0.2) is 44.6 Å². The molecule has 8 heteroatoms. The number of carboxylic acid groups (broad SMARTS) is 1. The summed E-state index contributed by atoms with van der Waals surface area (Å²) in [5.74, 6) is -1.19. The number of nitrogens with one attached hydrogen (secondary N) is 2. The molecule has 0 aliphatic rings. The van der Waals surface area contributed by atoms with Crippen LogP contribution in [0.15, 0.2) is 12.4 Å². The van der Waals surface area contributed by atoms with Gasteiger partial charge < -0.3 is 20.8 Å². The molecule has 1 atom stereocenters. The number of anilines is 1. The predicted molar refractivity (Wildman–Crippen MR) is 63.2 cm³/mol. The molecule has 1 rings (SSSR count). The number of carbonyl (C=O) groups is 2. The summed E-state index contributed by atoms with van der Waals surface area (Å²) >= 11 is 0. The van der Waals surface area contributed by atoms with Crippen LogP contribution in [0.2, 0.25) is 0 Å². The number of aliphatic hydroxyl groups excluding tert-OH is 1. The lowest BCUT2D eigenvalue weighted by molar-refractivity contribution is -0.139. The maximum Gasteiger partial charge on any atom is 0.326 e. The number of nitrogens with zero attached hydrogens (tertiary/aromatic N) is 2. The Bertz CT molecular complexity index is 418. The van der Waals surface area contributed by atoms with E-state index in [2.05, 4.69) is 15.7 Å². The van der Waals surface area contributed by atoms with Gasteiger partial charge in [0.1, 0.15) is 6.04 Å². The van der Waals surface area contributed by atoms with E-state index >= 15 is 0 Å². The summed E-state index contributed by atoms with van der Waals surface area (Å²) in [5, 5.41) is 26.1. The molecule has 1 aromatic heterocycles. The van der Waals surface area contributed by atoms with E-state index in [-0.39, 0.29) is 13.0 Å². The van der Waals surface area contributed by atoms with Crippen LogP contribution in [0.1, 0.15) is 13.3 Å². The molecule has 2 amide bonds. The molecule has 100 valence electrons. The first-order chi connectivity index (χ1) is 8.56. The topological polar surface area (TPSA) is 116 Å². The molecule has 0 aromatic carbocycles. The number of carboxylic acids is 1. The summed E-state index contributed by atoms with van der Waals surface area (Å²) in [6.07, 6.45) is 3.04. The van der Waals surface area contributed by atoms with Gasteiger partial charge in [0.2, 0.25) is 0 Å². The van der Waals surface area contributed by atoms with E-state index in [1.165, 1.54) is 6.20 Å². The van der Waals surface area contributed by atoms with Gasteiger partial charge in [-0.05, 0) is 6.92 Å². The number of hydrogen-bond acceptors (Lipinski definition) is 4. The zero-order valence-corrected chi connectivity index (χ0v) is 9.96. The van der Waals surface area contributed by atoms with Crippen LogP contribution in [0.3, 0.4) is 0 Å². The quantitative estimate of drug-likeness (QED) is 0.565. The van der Waals surface area contributed by atoms with Crippen molar-refractivity contribution in [3.05, 3.63) is 12.4 Å². The molecule has 4 N–H and O–H groups in total. The lowest BCUT2D eigenvalue weighted by atomic mass is 10.2. The fourth-order valence-electron chi connectivity index (χ4n) is 1.31. The third-order valence-electron chi connectivity index (χ3n) is 2.24. The Labute approximate surface area is 104 Å². The first-order valence-corrected chi connectivity index (χ1v) is 5.50. The van der Waals surface area contributed by atoms with Gasteiger partial charge in [0.15, 0.2) is 0 Å². The van der Waals surface area contributed by atoms with Crippen molar-refractivity contribution in [3.8, 4) is 0 Å². The third-order valence-corrected chi connectivity index (χ3v) is 2.24. The molecule has 0 saturated heterocycles. The standard InChI is InChI=1S/C10H16N4O4/c1-2-14-6-7(5-11-14)12-10(18)13-8(3-4-15)9(16)17/h5-6,8,15H,2-4H2,1H3,(H,16,17)(H2,12,13,18)/t8-/m1/s1. The van der Waals surface area contributed by atoms with Crippen LogP contribution in [0.5, 0.6) is 0 Å². The SMILES string of the molecule is CCn1cc(NC(=O)N[C@H](CCO)C(=O)O)cn1. The zero-order valence-electron chi connectivity index (χ0n) is 9.96. The number of urea groups is 1. The molecule has 0 aliphatic carbocycles. The molecule has 0 aliphatic heterocycles. The average molecular weight is 256 g/mol. The highest BCUT2D eigenvalue weighted by molar-refractivity contribution is 5.91. The molecule has 0 radical (unpaired) electrons. The van der Waals surface area contributed by atoms with Gasteiger partial charge in [0.25, 0.3) is 0 Å². The van der Waals surface area contributed by atoms with Crippen LogP contribution in [0, 0.1) is 0 Å². The van der Waals surface area contributed by atoms with Gasteiger partial charge in [-0.3, -0.25) is 4.68 Å².